The first-order valence-corrected chi connectivity index (χ1v) is 27.0. The first-order valence-electron chi connectivity index (χ1n) is 25.5. The van der Waals surface area contributed by atoms with E-state index in [-0.39, 0.29) is 32.3 Å². The molecule has 3 N–H and O–H groups in total. The van der Waals surface area contributed by atoms with Gasteiger partial charge in [0, 0.05) is 19.6 Å². The summed E-state index contributed by atoms with van der Waals surface area (Å²) in [5.74, 6) is -0.329. The van der Waals surface area contributed by atoms with Crippen molar-refractivity contribution in [2.45, 2.75) is 251 Å². The van der Waals surface area contributed by atoms with E-state index < -0.39 is 13.9 Å². The number of esters is 1. The Balaban J connectivity index is 3.94. The van der Waals surface area contributed by atoms with Crippen molar-refractivity contribution < 1.29 is 32.8 Å². The largest absolute Gasteiger partial charge is 0.472 e. The van der Waals surface area contributed by atoms with Gasteiger partial charge in [-0.2, -0.15) is 0 Å². The number of hydrogen-bond donors (Lipinski definition) is 2. The van der Waals surface area contributed by atoms with Gasteiger partial charge >= 0.3 is 13.8 Å². The normalized spacial score (nSPS) is 13.6. The van der Waals surface area contributed by atoms with Crippen molar-refractivity contribution in [1.82, 2.24) is 0 Å². The number of carbonyl (C=O) groups is 1. The lowest BCUT2D eigenvalue weighted by Gasteiger charge is -2.20. The van der Waals surface area contributed by atoms with Crippen molar-refractivity contribution in [2.75, 3.05) is 33.0 Å². The van der Waals surface area contributed by atoms with E-state index in [1.54, 1.807) is 0 Å². The fraction of sp³-hybridized carbons (Fsp3) is 0.863. The maximum absolute atomic E-state index is 12.7. The minimum atomic E-state index is -4.28. The highest BCUT2D eigenvalue weighted by atomic mass is 31.2. The SMILES string of the molecule is CCCCC/C=C\C/C=C\C/C=C\CCCCCCCCCOCC(COP(=O)(O)OCCN)OC(=O)CCCCCCCCCCCCCCCCCCCCCCC. The van der Waals surface area contributed by atoms with Crippen LogP contribution in [0.5, 0.6) is 0 Å². The Morgan fingerprint density at radius 3 is 1.35 bits per heavy atom. The Hall–Kier alpha value is -1.28. The number of hydrogen-bond acceptors (Lipinski definition) is 7. The summed E-state index contributed by atoms with van der Waals surface area (Å²) in [6, 6.07) is 0. The highest BCUT2D eigenvalue weighted by molar-refractivity contribution is 7.47. The highest BCUT2D eigenvalue weighted by Crippen LogP contribution is 2.43. The average Bonchev–Trinajstić information content (AvgIpc) is 3.24. The summed E-state index contributed by atoms with van der Waals surface area (Å²) in [5, 5.41) is 0. The molecule has 2 atom stereocenters. The minimum Gasteiger partial charge on any atom is -0.457 e. The Kier molecular flexibility index (Phi) is 47.7. The van der Waals surface area contributed by atoms with Gasteiger partial charge in [-0.05, 0) is 51.4 Å². The van der Waals surface area contributed by atoms with Crippen molar-refractivity contribution in [2.24, 2.45) is 5.73 Å². The molecule has 2 unspecified atom stereocenters. The summed E-state index contributed by atoms with van der Waals surface area (Å²) in [7, 11) is -4.28. The molecule has 0 aliphatic rings. The van der Waals surface area contributed by atoms with Crippen LogP contribution in [0.3, 0.4) is 0 Å². The fourth-order valence-corrected chi connectivity index (χ4v) is 8.07. The molecule has 0 aromatic carbocycles. The van der Waals surface area contributed by atoms with Crippen LogP contribution in [0.2, 0.25) is 0 Å². The average molecular weight is 868 g/mol. The Morgan fingerprint density at radius 2 is 0.883 bits per heavy atom. The number of rotatable bonds is 49. The second kappa shape index (κ2) is 48.7. The monoisotopic (exact) mass is 868 g/mol. The van der Waals surface area contributed by atoms with E-state index in [1.165, 1.54) is 173 Å². The van der Waals surface area contributed by atoms with Crippen molar-refractivity contribution in [3.05, 3.63) is 36.5 Å². The molecule has 0 fully saturated rings. The molecular weight excluding hydrogens is 770 g/mol. The Bertz CT molecular complexity index is 1020. The van der Waals surface area contributed by atoms with E-state index in [0.717, 1.165) is 51.4 Å². The van der Waals surface area contributed by atoms with Crippen LogP contribution >= 0.6 is 7.82 Å². The third-order valence-electron chi connectivity index (χ3n) is 11.1. The zero-order valence-corrected chi connectivity index (χ0v) is 40.3. The molecule has 0 saturated carbocycles. The van der Waals surface area contributed by atoms with Gasteiger partial charge in [0.1, 0.15) is 6.10 Å². The van der Waals surface area contributed by atoms with Gasteiger partial charge in [-0.25, -0.2) is 4.57 Å². The molecule has 0 amide bonds. The van der Waals surface area contributed by atoms with Crippen LogP contribution in [0.1, 0.15) is 245 Å². The number of carbonyl (C=O) groups excluding carboxylic acids is 1. The maximum atomic E-state index is 12.7. The zero-order chi connectivity index (χ0) is 43.7. The molecule has 0 aromatic rings. The third-order valence-corrected chi connectivity index (χ3v) is 12.0. The first-order chi connectivity index (χ1) is 29.4. The van der Waals surface area contributed by atoms with Gasteiger partial charge in [-0.1, -0.05) is 224 Å². The van der Waals surface area contributed by atoms with Gasteiger partial charge in [-0.15, -0.1) is 0 Å². The van der Waals surface area contributed by atoms with E-state index in [1.807, 2.05) is 0 Å². The number of phosphoric ester groups is 1. The van der Waals surface area contributed by atoms with Gasteiger partial charge in [0.15, 0.2) is 0 Å². The lowest BCUT2D eigenvalue weighted by atomic mass is 10.0. The van der Waals surface area contributed by atoms with E-state index in [4.69, 9.17) is 24.3 Å². The van der Waals surface area contributed by atoms with Gasteiger partial charge in [0.05, 0.1) is 19.8 Å². The topological polar surface area (TPSA) is 117 Å². The lowest BCUT2D eigenvalue weighted by molar-refractivity contribution is -0.154. The highest BCUT2D eigenvalue weighted by Gasteiger charge is 2.25. The predicted molar refractivity (Wildman–Crippen MR) is 256 cm³/mol. The Morgan fingerprint density at radius 1 is 0.500 bits per heavy atom. The maximum Gasteiger partial charge on any atom is 0.472 e. The summed E-state index contributed by atoms with van der Waals surface area (Å²) in [5.41, 5.74) is 5.39. The molecule has 0 rings (SSSR count). The van der Waals surface area contributed by atoms with Crippen molar-refractivity contribution in [3.63, 3.8) is 0 Å². The van der Waals surface area contributed by atoms with Crippen LogP contribution in [0.15, 0.2) is 36.5 Å². The van der Waals surface area contributed by atoms with Crippen LogP contribution in [0.4, 0.5) is 0 Å². The summed E-state index contributed by atoms with van der Waals surface area (Å²) in [6.07, 6.45) is 57.4. The van der Waals surface area contributed by atoms with Crippen molar-refractivity contribution in [1.29, 1.82) is 0 Å². The number of ether oxygens (including phenoxy) is 2. The molecule has 8 nitrogen and oxygen atoms in total. The molecule has 0 radical (unpaired) electrons. The second-order valence-electron chi connectivity index (χ2n) is 17.0. The van der Waals surface area contributed by atoms with E-state index >= 15 is 0 Å². The number of unbranched alkanes of at least 4 members (excludes halogenated alkanes) is 30. The summed E-state index contributed by atoms with van der Waals surface area (Å²) >= 11 is 0. The van der Waals surface area contributed by atoms with Gasteiger partial charge < -0.3 is 20.1 Å². The minimum absolute atomic E-state index is 0.0964. The first kappa shape index (κ1) is 58.7. The Labute approximate surface area is 371 Å². The molecule has 60 heavy (non-hydrogen) atoms. The van der Waals surface area contributed by atoms with Gasteiger partial charge in [0.2, 0.25) is 0 Å². The van der Waals surface area contributed by atoms with E-state index in [9.17, 15) is 14.3 Å². The standard InChI is InChI=1S/C51H98NO7P/c1-3-5-7-9-11-13-15-17-19-21-23-25-26-28-30-32-34-36-38-40-42-44-51(53)59-50(49-58-60(54,55)57-47-45-52)48-56-46-43-41-39-37-35-33-31-29-27-24-22-20-18-16-14-12-10-8-6-4-2/h12,14,18,20,24,27,50H,3-11,13,15-17,19,21-23,25-26,28-49,52H2,1-2H3,(H,54,55)/b14-12-,20-18-,27-24-. The molecule has 0 aliphatic heterocycles. The van der Waals surface area contributed by atoms with Crippen molar-refractivity contribution >= 4 is 13.8 Å². The molecule has 0 aromatic heterocycles. The molecule has 0 bridgehead atoms. The molecular formula is C51H98NO7P. The van der Waals surface area contributed by atoms with Gasteiger partial charge in [0.25, 0.3) is 0 Å². The second-order valence-corrected chi connectivity index (χ2v) is 18.5. The number of phosphoric acid groups is 1. The fourth-order valence-electron chi connectivity index (χ4n) is 7.30. The van der Waals surface area contributed by atoms with Crippen LogP contribution in [-0.2, 0) is 27.9 Å². The quantitative estimate of drug-likeness (QED) is 0.0269. The third kappa shape index (κ3) is 47.8. The smallest absolute Gasteiger partial charge is 0.457 e. The summed E-state index contributed by atoms with van der Waals surface area (Å²) in [4.78, 5) is 22.6. The predicted octanol–water partition coefficient (Wildman–Crippen LogP) is 15.8. The van der Waals surface area contributed by atoms with E-state index in [2.05, 4.69) is 50.3 Å². The van der Waals surface area contributed by atoms with E-state index in [0.29, 0.717) is 13.0 Å². The number of allylic oxidation sites excluding steroid dienone is 6. The zero-order valence-electron chi connectivity index (χ0n) is 39.5. The molecule has 0 saturated heterocycles. The molecule has 9 heteroatoms. The van der Waals surface area contributed by atoms with Gasteiger partial charge in [-0.3, -0.25) is 13.8 Å². The molecule has 0 spiro atoms. The molecule has 0 aliphatic carbocycles. The number of nitrogens with two attached hydrogens (primary N) is 1. The van der Waals surface area contributed by atoms with Crippen LogP contribution in [-0.4, -0.2) is 49.9 Å². The van der Waals surface area contributed by atoms with Crippen LogP contribution in [0.25, 0.3) is 0 Å². The molecule has 0 heterocycles. The van der Waals surface area contributed by atoms with Crippen LogP contribution < -0.4 is 5.73 Å². The summed E-state index contributed by atoms with van der Waals surface area (Å²) < 4.78 is 33.6. The van der Waals surface area contributed by atoms with Crippen LogP contribution in [0, 0.1) is 0 Å². The lowest BCUT2D eigenvalue weighted by Crippen LogP contribution is -2.28. The summed E-state index contributed by atoms with van der Waals surface area (Å²) in [6.45, 7) is 4.92. The van der Waals surface area contributed by atoms with Crippen molar-refractivity contribution in [3.8, 4) is 0 Å². The molecule has 354 valence electrons.